The van der Waals surface area contributed by atoms with Crippen molar-refractivity contribution in [3.8, 4) is 0 Å². The van der Waals surface area contributed by atoms with Gasteiger partial charge in [0.25, 0.3) is 0 Å². The van der Waals surface area contributed by atoms with Crippen molar-refractivity contribution in [2.24, 2.45) is 0 Å². The molecular formula is C10H22N2O3S. The second kappa shape index (κ2) is 6.54. The molecule has 0 bridgehead atoms. The molecule has 0 aromatic carbocycles. The number of hydrogen-bond donors (Lipinski definition) is 1. The van der Waals surface area contributed by atoms with Gasteiger partial charge in [-0.1, -0.05) is 0 Å². The molecule has 1 aliphatic heterocycles. The van der Waals surface area contributed by atoms with Crippen LogP contribution in [-0.4, -0.2) is 58.5 Å². The van der Waals surface area contributed by atoms with E-state index in [0.29, 0.717) is 6.54 Å². The minimum Gasteiger partial charge on any atom is -0.384 e. The van der Waals surface area contributed by atoms with Crippen LogP contribution in [-0.2, 0) is 14.8 Å². The van der Waals surface area contributed by atoms with Crippen LogP contribution in [0.25, 0.3) is 0 Å². The van der Waals surface area contributed by atoms with Crippen LogP contribution in [0, 0.1) is 0 Å². The lowest BCUT2D eigenvalue weighted by Gasteiger charge is -2.23. The molecule has 6 heteroatoms. The summed E-state index contributed by atoms with van der Waals surface area (Å²) < 4.78 is 30.4. The largest absolute Gasteiger partial charge is 0.384 e. The molecule has 1 atom stereocenters. The first-order valence-electron chi connectivity index (χ1n) is 5.75. The van der Waals surface area contributed by atoms with Gasteiger partial charge in [-0.05, 0) is 32.9 Å². The maximum Gasteiger partial charge on any atom is 0.213 e. The Morgan fingerprint density at radius 3 is 2.56 bits per heavy atom. The summed E-state index contributed by atoms with van der Waals surface area (Å²) in [6, 6.07) is 0.278. The molecule has 0 aromatic rings. The number of hydrogen-bond acceptors (Lipinski definition) is 4. The highest BCUT2D eigenvalue weighted by molar-refractivity contribution is 7.89. The first kappa shape index (κ1) is 13.9. The first-order valence-corrected chi connectivity index (χ1v) is 7.41. The summed E-state index contributed by atoms with van der Waals surface area (Å²) in [7, 11) is -1.67. The fourth-order valence-electron chi connectivity index (χ4n) is 1.82. The number of methoxy groups -OCH3 is 1. The molecule has 0 aromatic heterocycles. The third-order valence-electron chi connectivity index (χ3n) is 2.92. The molecule has 1 fully saturated rings. The van der Waals surface area contributed by atoms with Gasteiger partial charge in [-0.2, -0.15) is 0 Å². The van der Waals surface area contributed by atoms with Gasteiger partial charge in [-0.3, -0.25) is 4.90 Å². The van der Waals surface area contributed by atoms with Gasteiger partial charge in [-0.15, -0.1) is 0 Å². The highest BCUT2D eigenvalue weighted by atomic mass is 32.2. The second-order valence-corrected chi connectivity index (χ2v) is 6.18. The molecule has 0 aliphatic carbocycles. The third kappa shape index (κ3) is 4.78. The van der Waals surface area contributed by atoms with Crippen molar-refractivity contribution in [2.75, 3.05) is 39.1 Å². The van der Waals surface area contributed by atoms with E-state index < -0.39 is 10.0 Å². The van der Waals surface area contributed by atoms with Crippen LogP contribution >= 0.6 is 0 Å². The van der Waals surface area contributed by atoms with Gasteiger partial charge in [-0.25, -0.2) is 13.1 Å². The lowest BCUT2D eigenvalue weighted by molar-refractivity contribution is 0.216. The quantitative estimate of drug-likeness (QED) is 0.693. The van der Waals surface area contributed by atoms with Crippen LogP contribution in [0.1, 0.15) is 19.8 Å². The van der Waals surface area contributed by atoms with E-state index in [9.17, 15) is 8.42 Å². The highest BCUT2D eigenvalue weighted by Gasteiger charge is 2.19. The number of sulfonamides is 1. The standard InChI is InChI=1S/C10H22N2O3S/c1-10(12-5-3-4-6-12)9-11-16(13,14)8-7-15-2/h10-11H,3-9H2,1-2H3. The Hall–Kier alpha value is -0.170. The zero-order chi connectivity index (χ0) is 12.0. The molecule has 0 amide bonds. The minimum atomic E-state index is -3.17. The molecule has 1 N–H and O–H groups in total. The molecule has 96 valence electrons. The average Bonchev–Trinajstić information content (AvgIpc) is 2.77. The molecule has 1 unspecified atom stereocenters. The Morgan fingerprint density at radius 2 is 2.00 bits per heavy atom. The third-order valence-corrected chi connectivity index (χ3v) is 4.23. The van der Waals surface area contributed by atoms with Crippen LogP contribution in [0.3, 0.4) is 0 Å². The topological polar surface area (TPSA) is 58.6 Å². The Morgan fingerprint density at radius 1 is 1.38 bits per heavy atom. The molecule has 0 spiro atoms. The van der Waals surface area contributed by atoms with E-state index in [1.54, 1.807) is 0 Å². The molecule has 1 rings (SSSR count). The lowest BCUT2D eigenvalue weighted by Crippen LogP contribution is -2.41. The van der Waals surface area contributed by atoms with Crippen LogP contribution in [0.15, 0.2) is 0 Å². The molecular weight excluding hydrogens is 228 g/mol. The Kier molecular flexibility index (Phi) is 5.68. The van der Waals surface area contributed by atoms with E-state index in [1.807, 2.05) is 0 Å². The van der Waals surface area contributed by atoms with Gasteiger partial charge in [0.05, 0.1) is 12.4 Å². The van der Waals surface area contributed by atoms with Gasteiger partial charge in [0.2, 0.25) is 10.0 Å². The summed E-state index contributed by atoms with van der Waals surface area (Å²) in [5, 5.41) is 0. The zero-order valence-corrected chi connectivity index (χ0v) is 10.9. The summed E-state index contributed by atoms with van der Waals surface area (Å²) in [6.45, 7) is 4.96. The van der Waals surface area contributed by atoms with E-state index in [1.165, 1.54) is 20.0 Å². The first-order chi connectivity index (χ1) is 7.55. The van der Waals surface area contributed by atoms with Crippen LogP contribution in [0.5, 0.6) is 0 Å². The van der Waals surface area contributed by atoms with Crippen molar-refractivity contribution in [1.82, 2.24) is 9.62 Å². The molecule has 1 heterocycles. The molecule has 5 nitrogen and oxygen atoms in total. The normalized spacial score (nSPS) is 20.1. The van der Waals surface area contributed by atoms with Crippen LogP contribution in [0.4, 0.5) is 0 Å². The second-order valence-electron chi connectivity index (χ2n) is 4.25. The van der Waals surface area contributed by atoms with E-state index in [4.69, 9.17) is 4.74 Å². The summed E-state index contributed by atoms with van der Waals surface area (Å²) in [5.74, 6) is 0.0379. The number of nitrogens with one attached hydrogen (secondary N) is 1. The fraction of sp³-hybridized carbons (Fsp3) is 1.00. The van der Waals surface area contributed by atoms with E-state index in [-0.39, 0.29) is 18.4 Å². The lowest BCUT2D eigenvalue weighted by atomic mass is 10.3. The number of rotatable bonds is 7. The van der Waals surface area contributed by atoms with E-state index in [0.717, 1.165) is 13.1 Å². The van der Waals surface area contributed by atoms with Gasteiger partial charge in [0, 0.05) is 19.7 Å². The van der Waals surface area contributed by atoms with Gasteiger partial charge in [0.1, 0.15) is 0 Å². The Balaban J connectivity index is 2.27. The Bertz CT molecular complexity index is 286. The van der Waals surface area contributed by atoms with Crippen LogP contribution < -0.4 is 4.72 Å². The van der Waals surface area contributed by atoms with Gasteiger partial charge >= 0.3 is 0 Å². The molecule has 0 radical (unpaired) electrons. The van der Waals surface area contributed by atoms with Crippen molar-refractivity contribution >= 4 is 10.0 Å². The molecule has 1 saturated heterocycles. The van der Waals surface area contributed by atoms with Gasteiger partial charge in [0.15, 0.2) is 0 Å². The minimum absolute atomic E-state index is 0.0379. The number of likely N-dealkylation sites (tertiary alicyclic amines) is 1. The maximum atomic E-state index is 11.5. The van der Waals surface area contributed by atoms with Crippen molar-refractivity contribution in [2.45, 2.75) is 25.8 Å². The molecule has 16 heavy (non-hydrogen) atoms. The average molecular weight is 250 g/mol. The van der Waals surface area contributed by atoms with E-state index in [2.05, 4.69) is 16.5 Å². The summed E-state index contributed by atoms with van der Waals surface area (Å²) >= 11 is 0. The van der Waals surface area contributed by atoms with Crippen molar-refractivity contribution in [3.05, 3.63) is 0 Å². The summed E-state index contributed by atoms with van der Waals surface area (Å²) in [6.07, 6.45) is 2.45. The van der Waals surface area contributed by atoms with Crippen molar-refractivity contribution in [3.63, 3.8) is 0 Å². The number of ether oxygens (including phenoxy) is 1. The monoisotopic (exact) mass is 250 g/mol. The predicted molar refractivity (Wildman–Crippen MR) is 63.9 cm³/mol. The van der Waals surface area contributed by atoms with E-state index >= 15 is 0 Å². The smallest absolute Gasteiger partial charge is 0.213 e. The van der Waals surface area contributed by atoms with Gasteiger partial charge < -0.3 is 4.74 Å². The SMILES string of the molecule is COCCS(=O)(=O)NCC(C)N1CCCC1. The highest BCUT2D eigenvalue weighted by Crippen LogP contribution is 2.10. The summed E-state index contributed by atoms with van der Waals surface area (Å²) in [5.41, 5.74) is 0. The van der Waals surface area contributed by atoms with Crippen molar-refractivity contribution in [1.29, 1.82) is 0 Å². The summed E-state index contributed by atoms with van der Waals surface area (Å²) in [4.78, 5) is 2.32. The fourth-order valence-corrected chi connectivity index (χ4v) is 2.85. The number of nitrogens with zero attached hydrogens (tertiary/aromatic N) is 1. The van der Waals surface area contributed by atoms with Crippen LogP contribution in [0.2, 0.25) is 0 Å². The predicted octanol–water partition coefficient (Wildman–Crippen LogP) is 0.0365. The molecule has 0 saturated carbocycles. The zero-order valence-electron chi connectivity index (χ0n) is 10.1. The molecule has 1 aliphatic rings. The Labute approximate surface area is 98.2 Å². The van der Waals surface area contributed by atoms with Crippen molar-refractivity contribution < 1.29 is 13.2 Å². The maximum absolute atomic E-state index is 11.5.